The molecule has 0 bridgehead atoms. The molecule has 0 radical (unpaired) electrons. The lowest BCUT2D eigenvalue weighted by molar-refractivity contribution is 0.298. The topological polar surface area (TPSA) is 18.5 Å². The first-order valence-corrected chi connectivity index (χ1v) is 18.2. The van der Waals surface area contributed by atoms with E-state index in [1.807, 2.05) is 0 Å². The third-order valence-corrected chi connectivity index (χ3v) is 39.2. The molecule has 1 heterocycles. The van der Waals surface area contributed by atoms with Gasteiger partial charge in [0.25, 0.3) is 0 Å². The highest BCUT2D eigenvalue weighted by Crippen LogP contribution is 2.75. The zero-order valence-corrected chi connectivity index (χ0v) is 26.3. The first kappa shape index (κ1) is 27.6. The largest absolute Gasteiger partial charge is 0.434 e. The van der Waals surface area contributed by atoms with Gasteiger partial charge in [-0.3, -0.25) is 0 Å². The van der Waals surface area contributed by atoms with Gasteiger partial charge < -0.3 is 8.23 Å². The predicted octanol–water partition coefficient (Wildman–Crippen LogP) is 9.25. The fourth-order valence-electron chi connectivity index (χ4n) is 7.31. The molecular formula is C24H54O2Si3. The van der Waals surface area contributed by atoms with Crippen LogP contribution in [0.25, 0.3) is 0 Å². The normalized spacial score (nSPS) is 23.4. The molecule has 0 amide bonds. The van der Waals surface area contributed by atoms with Crippen LogP contribution in [-0.4, -0.2) is 24.2 Å². The maximum absolute atomic E-state index is 7.98. The van der Waals surface area contributed by atoms with Gasteiger partial charge in [-0.25, -0.2) is 0 Å². The third-order valence-electron chi connectivity index (χ3n) is 7.29. The van der Waals surface area contributed by atoms with Crippen molar-refractivity contribution < 1.29 is 8.23 Å². The second-order valence-electron chi connectivity index (χ2n) is 15.7. The minimum Gasteiger partial charge on any atom is -0.434 e. The molecular weight excluding hydrogens is 405 g/mol. The van der Waals surface area contributed by atoms with Crippen LogP contribution in [0.15, 0.2) is 0 Å². The van der Waals surface area contributed by atoms with Gasteiger partial charge in [-0.2, -0.15) is 0 Å². The lowest BCUT2D eigenvalue weighted by atomic mass is 10.2. The Labute approximate surface area is 187 Å². The number of hydrogen-bond donors (Lipinski definition) is 0. The average Bonchev–Trinajstić information content (AvgIpc) is 2.70. The molecule has 0 N–H and O–H groups in total. The van der Waals surface area contributed by atoms with Gasteiger partial charge in [-0.1, -0.05) is 125 Å². The SMILES string of the molecule is CC(C)(C)[Si]1(C(C)(C)C)O[Si](C(C)(C)C)(C(C)(C)C)[Si](C(C)(C)C)(C(C)(C)C)O1. The minimum absolute atomic E-state index is 0.00521. The molecule has 1 aliphatic heterocycles. The standard InChI is InChI=1S/C24H54O2Si3/c1-19(2,3)27(20(4,5)6)25-28(21(7,8)9,22(10,11)12)29(26-27,23(13,14)15)24(16,17)18/h1-18H3. The van der Waals surface area contributed by atoms with Crippen LogP contribution in [0.3, 0.4) is 0 Å². The van der Waals surface area contributed by atoms with Crippen molar-refractivity contribution >= 4 is 24.2 Å². The van der Waals surface area contributed by atoms with Crippen LogP contribution in [0.2, 0.25) is 30.2 Å². The second kappa shape index (κ2) is 6.79. The third kappa shape index (κ3) is 3.53. The molecule has 0 aromatic heterocycles. The highest BCUT2D eigenvalue weighted by Gasteiger charge is 2.86. The lowest BCUT2D eigenvalue weighted by Crippen LogP contribution is -2.77. The van der Waals surface area contributed by atoms with Gasteiger partial charge in [0.2, 0.25) is 15.7 Å². The molecule has 0 aromatic rings. The molecule has 1 saturated heterocycles. The van der Waals surface area contributed by atoms with E-state index in [4.69, 9.17) is 8.23 Å². The molecule has 0 unspecified atom stereocenters. The molecule has 0 spiro atoms. The zero-order valence-electron chi connectivity index (χ0n) is 23.3. The minimum atomic E-state index is -2.62. The van der Waals surface area contributed by atoms with Gasteiger partial charge in [0, 0.05) is 10.1 Å². The monoisotopic (exact) mass is 458 g/mol. The fourth-order valence-corrected chi connectivity index (χ4v) is 51.1. The predicted molar refractivity (Wildman–Crippen MR) is 138 cm³/mol. The maximum atomic E-state index is 7.98. The first-order chi connectivity index (χ1) is 12.2. The Morgan fingerprint density at radius 1 is 0.310 bits per heavy atom. The molecule has 1 fully saturated rings. The van der Waals surface area contributed by atoms with Crippen LogP contribution in [0, 0.1) is 0 Å². The summed E-state index contributed by atoms with van der Waals surface area (Å²) in [4.78, 5) is 0. The van der Waals surface area contributed by atoms with Crippen molar-refractivity contribution in [1.82, 2.24) is 0 Å². The van der Waals surface area contributed by atoms with E-state index in [1.54, 1.807) is 0 Å². The van der Waals surface area contributed by atoms with Crippen LogP contribution in [-0.2, 0) is 8.23 Å². The molecule has 0 atom stereocenters. The maximum Gasteiger partial charge on any atom is 0.328 e. The Kier molecular flexibility index (Phi) is 6.46. The second-order valence-corrected chi connectivity index (χ2v) is 34.5. The van der Waals surface area contributed by atoms with Crippen molar-refractivity contribution in [3.63, 3.8) is 0 Å². The smallest absolute Gasteiger partial charge is 0.328 e. The molecule has 0 saturated carbocycles. The van der Waals surface area contributed by atoms with Gasteiger partial charge >= 0.3 is 8.56 Å². The average molecular weight is 459 g/mol. The Hall–Kier alpha value is 0.571. The summed E-state index contributed by atoms with van der Waals surface area (Å²) >= 11 is 0. The Morgan fingerprint density at radius 2 is 0.483 bits per heavy atom. The number of rotatable bonds is 0. The van der Waals surface area contributed by atoms with Crippen molar-refractivity contribution in [3.05, 3.63) is 0 Å². The van der Waals surface area contributed by atoms with E-state index < -0.39 is 24.2 Å². The first-order valence-electron chi connectivity index (χ1n) is 11.6. The summed E-state index contributed by atoms with van der Waals surface area (Å²) in [6.45, 7) is 43.8. The molecule has 1 rings (SSSR count). The van der Waals surface area contributed by atoms with E-state index in [9.17, 15) is 0 Å². The van der Waals surface area contributed by atoms with Crippen LogP contribution < -0.4 is 0 Å². The van der Waals surface area contributed by atoms with E-state index in [0.717, 1.165) is 0 Å². The van der Waals surface area contributed by atoms with Crippen LogP contribution in [0.5, 0.6) is 0 Å². The van der Waals surface area contributed by atoms with Crippen LogP contribution >= 0.6 is 0 Å². The summed E-state index contributed by atoms with van der Waals surface area (Å²) in [5.74, 6) is 0. The summed E-state index contributed by atoms with van der Waals surface area (Å²) < 4.78 is 16.0. The fraction of sp³-hybridized carbons (Fsp3) is 1.00. The summed E-state index contributed by atoms with van der Waals surface area (Å²) in [6, 6.07) is 0. The quantitative estimate of drug-likeness (QED) is 0.337. The van der Waals surface area contributed by atoms with E-state index in [0.29, 0.717) is 0 Å². The Bertz CT molecular complexity index is 527. The summed E-state index contributed by atoms with van der Waals surface area (Å²) in [5, 5.41) is 0.357. The summed E-state index contributed by atoms with van der Waals surface area (Å²) in [5.41, 5.74) is 0. The van der Waals surface area contributed by atoms with Crippen molar-refractivity contribution in [2.24, 2.45) is 0 Å². The zero-order chi connectivity index (χ0) is 23.9. The number of hydrogen-bond acceptors (Lipinski definition) is 2. The van der Waals surface area contributed by atoms with E-state index in [1.165, 1.54) is 0 Å². The Morgan fingerprint density at radius 3 is 0.586 bits per heavy atom. The molecule has 2 nitrogen and oxygen atoms in total. The van der Waals surface area contributed by atoms with Crippen molar-refractivity contribution in [3.8, 4) is 0 Å². The summed E-state index contributed by atoms with van der Waals surface area (Å²) in [7, 11) is -7.55. The van der Waals surface area contributed by atoms with Crippen molar-refractivity contribution in [2.75, 3.05) is 0 Å². The molecule has 0 aromatic carbocycles. The molecule has 1 aliphatic rings. The van der Waals surface area contributed by atoms with E-state index in [2.05, 4.69) is 125 Å². The molecule has 5 heteroatoms. The summed E-state index contributed by atoms with van der Waals surface area (Å²) in [6.07, 6.45) is 0. The van der Waals surface area contributed by atoms with Gasteiger partial charge in [-0.15, -0.1) is 0 Å². The molecule has 29 heavy (non-hydrogen) atoms. The van der Waals surface area contributed by atoms with Crippen LogP contribution in [0.4, 0.5) is 0 Å². The van der Waals surface area contributed by atoms with Gasteiger partial charge in [0.15, 0.2) is 0 Å². The van der Waals surface area contributed by atoms with E-state index >= 15 is 0 Å². The van der Waals surface area contributed by atoms with Crippen molar-refractivity contribution in [1.29, 1.82) is 0 Å². The van der Waals surface area contributed by atoms with E-state index in [-0.39, 0.29) is 30.2 Å². The van der Waals surface area contributed by atoms with Gasteiger partial charge in [0.05, 0.1) is 0 Å². The van der Waals surface area contributed by atoms with Crippen LogP contribution in [0.1, 0.15) is 125 Å². The highest BCUT2D eigenvalue weighted by atomic mass is 29.3. The van der Waals surface area contributed by atoms with Gasteiger partial charge in [-0.05, 0) is 20.2 Å². The molecule has 174 valence electrons. The lowest BCUT2D eigenvalue weighted by Gasteiger charge is -2.63. The van der Waals surface area contributed by atoms with Crippen molar-refractivity contribution in [2.45, 2.75) is 155 Å². The Balaban J connectivity index is 4.39. The van der Waals surface area contributed by atoms with Gasteiger partial charge in [0.1, 0.15) is 0 Å². The highest BCUT2D eigenvalue weighted by molar-refractivity contribution is 7.45. The molecule has 0 aliphatic carbocycles.